The van der Waals surface area contributed by atoms with Gasteiger partial charge in [-0.2, -0.15) is 5.26 Å². The second kappa shape index (κ2) is 5.50. The smallest absolute Gasteiger partial charge is 0.0991 e. The van der Waals surface area contributed by atoms with E-state index in [1.54, 1.807) is 6.07 Å². The van der Waals surface area contributed by atoms with Crippen molar-refractivity contribution in [2.24, 2.45) is 0 Å². The lowest BCUT2D eigenvalue weighted by molar-refractivity contribution is 0.465. The number of halogens is 1. The molecule has 0 aliphatic rings. The Morgan fingerprint density at radius 2 is 2.20 bits per heavy atom. The standard InChI is InChI=1S/C13H15FN/c1-3-4-11-5-12(9-15)7-13(6-11)10(2)8-14/h5-7,10H,2-4,8H2,1H3. The lowest BCUT2D eigenvalue weighted by atomic mass is 9.96. The molecule has 0 amide bonds. The Morgan fingerprint density at radius 1 is 1.47 bits per heavy atom. The van der Waals surface area contributed by atoms with E-state index in [0.717, 1.165) is 24.0 Å². The molecule has 0 saturated heterocycles. The maximum Gasteiger partial charge on any atom is 0.0991 e. The molecule has 1 rings (SSSR count). The molecule has 0 N–H and O–H groups in total. The van der Waals surface area contributed by atoms with Crippen LogP contribution in [-0.4, -0.2) is 6.67 Å². The number of nitrogens with zero attached hydrogens (tertiary/aromatic N) is 1. The topological polar surface area (TPSA) is 23.8 Å². The van der Waals surface area contributed by atoms with Crippen LogP contribution < -0.4 is 0 Å². The van der Waals surface area contributed by atoms with Crippen molar-refractivity contribution in [2.75, 3.05) is 6.67 Å². The first-order chi connectivity index (χ1) is 7.21. The predicted octanol–water partition coefficient (Wildman–Crippen LogP) is 3.40. The molecule has 1 nitrogen and oxygen atoms in total. The summed E-state index contributed by atoms with van der Waals surface area (Å²) in [4.78, 5) is 0. The number of benzene rings is 1. The second-order valence-corrected chi connectivity index (χ2v) is 3.68. The van der Waals surface area contributed by atoms with Gasteiger partial charge in [-0.25, -0.2) is 0 Å². The van der Waals surface area contributed by atoms with Crippen molar-refractivity contribution >= 4 is 0 Å². The van der Waals surface area contributed by atoms with E-state index >= 15 is 0 Å². The molecule has 0 fully saturated rings. The maximum atomic E-state index is 12.5. The minimum atomic E-state index is -0.486. The van der Waals surface area contributed by atoms with Crippen molar-refractivity contribution in [1.82, 2.24) is 0 Å². The first-order valence-electron chi connectivity index (χ1n) is 5.14. The third-order valence-corrected chi connectivity index (χ3v) is 2.34. The van der Waals surface area contributed by atoms with Gasteiger partial charge in [-0.3, -0.25) is 4.39 Å². The van der Waals surface area contributed by atoms with Gasteiger partial charge in [0.2, 0.25) is 0 Å². The van der Waals surface area contributed by atoms with Crippen molar-refractivity contribution in [3.05, 3.63) is 41.8 Å². The second-order valence-electron chi connectivity index (χ2n) is 3.68. The third kappa shape index (κ3) is 3.06. The average molecular weight is 204 g/mol. The largest absolute Gasteiger partial charge is 0.250 e. The normalized spacial score (nSPS) is 12.1. The van der Waals surface area contributed by atoms with Crippen molar-refractivity contribution in [3.8, 4) is 6.07 Å². The Labute approximate surface area is 90.5 Å². The third-order valence-electron chi connectivity index (χ3n) is 2.34. The van der Waals surface area contributed by atoms with E-state index in [4.69, 9.17) is 5.26 Å². The molecule has 0 heterocycles. The zero-order chi connectivity index (χ0) is 11.3. The van der Waals surface area contributed by atoms with Gasteiger partial charge in [-0.05, 0) is 36.6 Å². The van der Waals surface area contributed by atoms with Crippen LogP contribution in [0.2, 0.25) is 0 Å². The fourth-order valence-electron chi connectivity index (χ4n) is 1.54. The average Bonchev–Trinajstić information content (AvgIpc) is 2.28. The van der Waals surface area contributed by atoms with Gasteiger partial charge in [0.25, 0.3) is 0 Å². The zero-order valence-electron chi connectivity index (χ0n) is 8.96. The molecule has 15 heavy (non-hydrogen) atoms. The Morgan fingerprint density at radius 3 is 2.73 bits per heavy atom. The van der Waals surface area contributed by atoms with Gasteiger partial charge in [0.05, 0.1) is 18.3 Å². The number of hydrogen-bond acceptors (Lipinski definition) is 1. The minimum Gasteiger partial charge on any atom is -0.250 e. The molecule has 0 bridgehead atoms. The van der Waals surface area contributed by atoms with Crippen LogP contribution in [0.3, 0.4) is 0 Å². The Kier molecular flexibility index (Phi) is 4.30. The van der Waals surface area contributed by atoms with Crippen LogP contribution in [0.5, 0.6) is 0 Å². The summed E-state index contributed by atoms with van der Waals surface area (Å²) in [6.07, 6.45) is 1.94. The molecule has 0 aromatic heterocycles. The number of aryl methyl sites for hydroxylation is 1. The van der Waals surface area contributed by atoms with E-state index in [1.807, 2.05) is 12.1 Å². The van der Waals surface area contributed by atoms with Crippen LogP contribution in [0.15, 0.2) is 18.2 Å². The number of rotatable bonds is 4. The highest BCUT2D eigenvalue weighted by atomic mass is 19.1. The highest BCUT2D eigenvalue weighted by Crippen LogP contribution is 2.19. The lowest BCUT2D eigenvalue weighted by Gasteiger charge is -2.09. The summed E-state index contributed by atoms with van der Waals surface area (Å²) in [6.45, 7) is 5.31. The van der Waals surface area contributed by atoms with Crippen LogP contribution >= 0.6 is 0 Å². The highest BCUT2D eigenvalue weighted by molar-refractivity contribution is 5.39. The van der Waals surface area contributed by atoms with E-state index in [-0.39, 0.29) is 5.92 Å². The summed E-state index contributed by atoms with van der Waals surface area (Å²) in [5, 5.41) is 8.85. The summed E-state index contributed by atoms with van der Waals surface area (Å²) < 4.78 is 12.5. The lowest BCUT2D eigenvalue weighted by Crippen LogP contribution is -1.98. The number of hydrogen-bond donors (Lipinski definition) is 0. The van der Waals surface area contributed by atoms with E-state index in [1.165, 1.54) is 0 Å². The summed E-state index contributed by atoms with van der Waals surface area (Å²) in [7, 11) is 0. The Bertz CT molecular complexity index is 365. The Balaban J connectivity index is 3.06. The van der Waals surface area contributed by atoms with Crippen molar-refractivity contribution in [2.45, 2.75) is 25.7 Å². The van der Waals surface area contributed by atoms with Gasteiger partial charge in [0.1, 0.15) is 0 Å². The molecule has 1 radical (unpaired) electrons. The SMILES string of the molecule is [CH2]C(CF)c1cc(C#N)cc(CCC)c1. The summed E-state index contributed by atoms with van der Waals surface area (Å²) in [5.74, 6) is -0.367. The molecular formula is C13H15FN. The highest BCUT2D eigenvalue weighted by Gasteiger charge is 2.07. The quantitative estimate of drug-likeness (QED) is 0.737. The monoisotopic (exact) mass is 204 g/mol. The van der Waals surface area contributed by atoms with Gasteiger partial charge >= 0.3 is 0 Å². The molecule has 0 saturated carbocycles. The van der Waals surface area contributed by atoms with Crippen molar-refractivity contribution in [1.29, 1.82) is 5.26 Å². The van der Waals surface area contributed by atoms with Crippen LogP contribution in [0.1, 0.15) is 36.0 Å². The molecule has 1 aromatic rings. The number of nitriles is 1. The van der Waals surface area contributed by atoms with E-state index in [0.29, 0.717) is 5.56 Å². The molecule has 1 unspecified atom stereocenters. The molecule has 0 aliphatic heterocycles. The van der Waals surface area contributed by atoms with E-state index in [9.17, 15) is 4.39 Å². The molecular weight excluding hydrogens is 189 g/mol. The van der Waals surface area contributed by atoms with Crippen molar-refractivity contribution in [3.63, 3.8) is 0 Å². The summed E-state index contributed by atoms with van der Waals surface area (Å²) in [6, 6.07) is 7.62. The molecule has 0 spiro atoms. The minimum absolute atomic E-state index is 0.367. The molecule has 2 heteroatoms. The maximum absolute atomic E-state index is 12.5. The molecule has 1 atom stereocenters. The fraction of sp³-hybridized carbons (Fsp3) is 0.385. The fourth-order valence-corrected chi connectivity index (χ4v) is 1.54. The van der Waals surface area contributed by atoms with Gasteiger partial charge in [0, 0.05) is 5.92 Å². The van der Waals surface area contributed by atoms with Gasteiger partial charge in [-0.15, -0.1) is 0 Å². The van der Waals surface area contributed by atoms with E-state index < -0.39 is 6.67 Å². The van der Waals surface area contributed by atoms with Crippen LogP contribution in [0.25, 0.3) is 0 Å². The predicted molar refractivity (Wildman–Crippen MR) is 59.2 cm³/mol. The van der Waals surface area contributed by atoms with Gasteiger partial charge < -0.3 is 0 Å². The van der Waals surface area contributed by atoms with E-state index in [2.05, 4.69) is 19.9 Å². The number of alkyl halides is 1. The van der Waals surface area contributed by atoms with Gasteiger partial charge in [-0.1, -0.05) is 19.4 Å². The first kappa shape index (κ1) is 11.7. The van der Waals surface area contributed by atoms with Crippen LogP contribution in [0.4, 0.5) is 4.39 Å². The summed E-state index contributed by atoms with van der Waals surface area (Å²) >= 11 is 0. The van der Waals surface area contributed by atoms with Crippen LogP contribution in [-0.2, 0) is 6.42 Å². The molecule has 1 aromatic carbocycles. The zero-order valence-corrected chi connectivity index (χ0v) is 8.96. The Hall–Kier alpha value is -1.36. The van der Waals surface area contributed by atoms with Gasteiger partial charge in [0.15, 0.2) is 0 Å². The van der Waals surface area contributed by atoms with Crippen LogP contribution in [0, 0.1) is 18.3 Å². The first-order valence-corrected chi connectivity index (χ1v) is 5.14. The molecule has 0 aliphatic carbocycles. The summed E-state index contributed by atoms with van der Waals surface area (Å²) in [5.41, 5.74) is 2.51. The van der Waals surface area contributed by atoms with Crippen molar-refractivity contribution < 1.29 is 4.39 Å². The molecule has 79 valence electrons.